The second-order valence-electron chi connectivity index (χ2n) is 6.49. The Balaban J connectivity index is 2.78. The third-order valence-electron chi connectivity index (χ3n) is 3.66. The van der Waals surface area contributed by atoms with Gasteiger partial charge in [0, 0.05) is 6.20 Å². The zero-order valence-electron chi connectivity index (χ0n) is 13.4. The van der Waals surface area contributed by atoms with Gasteiger partial charge in [0.2, 0.25) is 0 Å². The first-order valence-corrected chi connectivity index (χ1v) is 7.03. The highest BCUT2D eigenvalue weighted by atomic mass is 16.2. The van der Waals surface area contributed by atoms with Crippen LogP contribution in [-0.2, 0) is 5.41 Å². The van der Waals surface area contributed by atoms with Gasteiger partial charge < -0.3 is 0 Å². The van der Waals surface area contributed by atoms with E-state index in [4.69, 9.17) is 5.26 Å². The monoisotopic (exact) mass is 297 g/mol. The van der Waals surface area contributed by atoms with E-state index in [9.17, 15) is 9.59 Å². The van der Waals surface area contributed by atoms with E-state index < -0.39 is 11.2 Å². The van der Waals surface area contributed by atoms with Gasteiger partial charge in [-0.15, -0.1) is 0 Å². The van der Waals surface area contributed by atoms with Crippen molar-refractivity contribution in [3.8, 4) is 11.8 Å². The van der Waals surface area contributed by atoms with Gasteiger partial charge in [-0.2, -0.15) is 5.26 Å². The summed E-state index contributed by atoms with van der Waals surface area (Å²) in [5, 5.41) is 8.98. The molecule has 0 aliphatic rings. The third-order valence-corrected chi connectivity index (χ3v) is 3.66. The van der Waals surface area contributed by atoms with E-state index in [1.807, 2.05) is 26.0 Å². The number of benzene rings is 1. The van der Waals surface area contributed by atoms with Crippen LogP contribution in [0.2, 0.25) is 0 Å². The fraction of sp³-hybridized carbons (Fsp3) is 0.353. The van der Waals surface area contributed by atoms with Crippen molar-refractivity contribution in [2.45, 2.75) is 40.0 Å². The number of nitrogens with zero attached hydrogens (tertiary/aromatic N) is 2. The van der Waals surface area contributed by atoms with Crippen molar-refractivity contribution in [3.63, 3.8) is 0 Å². The molecule has 114 valence electrons. The topological polar surface area (TPSA) is 78.7 Å². The molecule has 0 aliphatic heterocycles. The number of aromatic nitrogens is 2. The largest absolute Gasteiger partial charge is 0.333 e. The van der Waals surface area contributed by atoms with Gasteiger partial charge in [-0.05, 0) is 36.0 Å². The summed E-state index contributed by atoms with van der Waals surface area (Å²) in [7, 11) is 0. The zero-order chi connectivity index (χ0) is 16.7. The summed E-state index contributed by atoms with van der Waals surface area (Å²) in [6, 6.07) is 5.87. The summed E-state index contributed by atoms with van der Waals surface area (Å²) in [4.78, 5) is 25.8. The van der Waals surface area contributed by atoms with Gasteiger partial charge in [0.05, 0.1) is 5.69 Å². The van der Waals surface area contributed by atoms with Crippen LogP contribution in [-0.4, -0.2) is 9.55 Å². The maximum atomic E-state index is 12.1. The van der Waals surface area contributed by atoms with Crippen molar-refractivity contribution in [2.24, 2.45) is 0 Å². The molecule has 2 rings (SSSR count). The number of hydrogen-bond donors (Lipinski definition) is 1. The van der Waals surface area contributed by atoms with E-state index in [1.54, 1.807) is 6.07 Å². The Labute approximate surface area is 128 Å². The highest BCUT2D eigenvalue weighted by Crippen LogP contribution is 2.28. The van der Waals surface area contributed by atoms with Crippen molar-refractivity contribution < 1.29 is 0 Å². The van der Waals surface area contributed by atoms with Crippen LogP contribution in [0.25, 0.3) is 5.69 Å². The minimum Gasteiger partial charge on any atom is -0.273 e. The van der Waals surface area contributed by atoms with Crippen LogP contribution in [0.5, 0.6) is 0 Å². The maximum absolute atomic E-state index is 12.1. The number of H-pyrrole nitrogens is 1. The molecule has 5 nitrogen and oxygen atoms in total. The minimum absolute atomic E-state index is 0.00181. The average molecular weight is 297 g/mol. The van der Waals surface area contributed by atoms with Gasteiger partial charge in [0.15, 0.2) is 0 Å². The molecule has 0 unspecified atom stereocenters. The molecule has 1 aromatic heterocycles. The molecule has 5 heteroatoms. The molecule has 1 aromatic carbocycles. The molecule has 0 fully saturated rings. The van der Waals surface area contributed by atoms with Crippen LogP contribution < -0.4 is 11.2 Å². The third kappa shape index (κ3) is 2.73. The van der Waals surface area contributed by atoms with E-state index >= 15 is 0 Å². The molecule has 0 atom stereocenters. The molecule has 0 saturated heterocycles. The summed E-state index contributed by atoms with van der Waals surface area (Å²) >= 11 is 0. The predicted octanol–water partition coefficient (Wildman–Crippen LogP) is 2.31. The molecule has 22 heavy (non-hydrogen) atoms. The number of nitrogens with one attached hydrogen (secondary N) is 1. The minimum atomic E-state index is -0.662. The molecule has 0 aliphatic carbocycles. The molecule has 0 amide bonds. The molecule has 0 bridgehead atoms. The van der Waals surface area contributed by atoms with Gasteiger partial charge in [-0.3, -0.25) is 14.3 Å². The van der Waals surface area contributed by atoms with Gasteiger partial charge in [-0.1, -0.05) is 32.9 Å². The van der Waals surface area contributed by atoms with E-state index in [0.717, 1.165) is 11.1 Å². The SMILES string of the molecule is Cc1cc(C(C)(C)C)cc(C)c1-n1cc(C#N)c(=O)[nH]c1=O. The molecule has 0 saturated carbocycles. The maximum Gasteiger partial charge on any atom is 0.333 e. The normalized spacial score (nSPS) is 11.3. The summed E-state index contributed by atoms with van der Waals surface area (Å²) < 4.78 is 1.33. The first-order valence-electron chi connectivity index (χ1n) is 7.03. The summed E-state index contributed by atoms with van der Waals surface area (Å²) in [5.74, 6) is 0. The molecular weight excluding hydrogens is 278 g/mol. The average Bonchev–Trinajstić information content (AvgIpc) is 2.39. The Kier molecular flexibility index (Phi) is 3.80. The number of aryl methyl sites for hydroxylation is 2. The van der Waals surface area contributed by atoms with Crippen LogP contribution >= 0.6 is 0 Å². The van der Waals surface area contributed by atoms with Gasteiger partial charge in [0.1, 0.15) is 11.6 Å². The van der Waals surface area contributed by atoms with Crippen LogP contribution in [0, 0.1) is 25.2 Å². The molecule has 0 spiro atoms. The molecule has 1 heterocycles. The van der Waals surface area contributed by atoms with E-state index in [1.165, 1.54) is 16.3 Å². The Bertz CT molecular complexity index is 867. The highest BCUT2D eigenvalue weighted by Gasteiger charge is 2.18. The number of nitriles is 1. The molecular formula is C17H19N3O2. The predicted molar refractivity (Wildman–Crippen MR) is 85.5 cm³/mol. The summed E-state index contributed by atoms with van der Waals surface area (Å²) in [5.41, 5.74) is 2.42. The Morgan fingerprint density at radius 1 is 1.14 bits per heavy atom. The molecule has 1 N–H and O–H groups in total. The van der Waals surface area contributed by atoms with E-state index in [-0.39, 0.29) is 11.0 Å². The second kappa shape index (κ2) is 5.30. The lowest BCUT2D eigenvalue weighted by atomic mass is 9.84. The summed E-state index contributed by atoms with van der Waals surface area (Å²) in [6.07, 6.45) is 1.30. The highest BCUT2D eigenvalue weighted by molar-refractivity contribution is 5.51. The number of rotatable bonds is 1. The Hall–Kier alpha value is -2.61. The van der Waals surface area contributed by atoms with Crippen molar-refractivity contribution in [1.29, 1.82) is 5.26 Å². The lowest BCUT2D eigenvalue weighted by molar-refractivity contribution is 0.589. The first kappa shape index (κ1) is 15.8. The van der Waals surface area contributed by atoms with Crippen molar-refractivity contribution in [2.75, 3.05) is 0 Å². The fourth-order valence-corrected chi connectivity index (χ4v) is 2.49. The fourth-order valence-electron chi connectivity index (χ4n) is 2.49. The van der Waals surface area contributed by atoms with Crippen LogP contribution in [0.4, 0.5) is 0 Å². The lowest BCUT2D eigenvalue weighted by Crippen LogP contribution is -2.31. The summed E-state index contributed by atoms with van der Waals surface area (Å²) in [6.45, 7) is 10.2. The first-order chi connectivity index (χ1) is 10.1. The smallest absolute Gasteiger partial charge is 0.273 e. The van der Waals surface area contributed by atoms with Crippen LogP contribution in [0.3, 0.4) is 0 Å². The van der Waals surface area contributed by atoms with E-state index in [2.05, 4.69) is 25.8 Å². The number of hydrogen-bond acceptors (Lipinski definition) is 3. The molecule has 2 aromatic rings. The standard InChI is InChI=1S/C17H19N3O2/c1-10-6-13(17(3,4)5)7-11(2)14(10)20-9-12(8-18)15(21)19-16(20)22/h6-7,9H,1-5H3,(H,19,21,22). The number of aromatic amines is 1. The Morgan fingerprint density at radius 3 is 2.14 bits per heavy atom. The lowest BCUT2D eigenvalue weighted by Gasteiger charge is -2.22. The van der Waals surface area contributed by atoms with Crippen molar-refractivity contribution in [1.82, 2.24) is 9.55 Å². The van der Waals surface area contributed by atoms with Crippen molar-refractivity contribution >= 4 is 0 Å². The van der Waals surface area contributed by atoms with Crippen LogP contribution in [0.1, 0.15) is 43.0 Å². The second-order valence-corrected chi connectivity index (χ2v) is 6.49. The van der Waals surface area contributed by atoms with Crippen LogP contribution in [0.15, 0.2) is 27.9 Å². The zero-order valence-corrected chi connectivity index (χ0v) is 13.4. The van der Waals surface area contributed by atoms with E-state index in [0.29, 0.717) is 5.69 Å². The van der Waals surface area contributed by atoms with Gasteiger partial charge >= 0.3 is 5.69 Å². The van der Waals surface area contributed by atoms with Gasteiger partial charge in [-0.25, -0.2) is 4.79 Å². The Morgan fingerprint density at radius 2 is 1.68 bits per heavy atom. The van der Waals surface area contributed by atoms with Gasteiger partial charge in [0.25, 0.3) is 5.56 Å². The quantitative estimate of drug-likeness (QED) is 0.877. The van der Waals surface area contributed by atoms with Crippen molar-refractivity contribution in [3.05, 3.63) is 61.4 Å². The molecule has 0 radical (unpaired) electrons.